The van der Waals surface area contributed by atoms with Gasteiger partial charge in [-0.25, -0.2) is 0 Å². The highest BCUT2D eigenvalue weighted by molar-refractivity contribution is 6.03. The summed E-state index contributed by atoms with van der Waals surface area (Å²) in [6.07, 6.45) is 1.42. The highest BCUT2D eigenvalue weighted by Crippen LogP contribution is 2.28. The van der Waals surface area contributed by atoms with Crippen LogP contribution in [0, 0.1) is 12.8 Å². The van der Waals surface area contributed by atoms with Crippen molar-refractivity contribution < 1.29 is 23.9 Å². The number of carboxylic acid groups (broad SMARTS) is 1. The van der Waals surface area contributed by atoms with Gasteiger partial charge < -0.3 is 19.7 Å². The molecular formula is C17H16N2O5. The molecule has 1 saturated heterocycles. The molecule has 1 aromatic heterocycles. The second kappa shape index (κ2) is 6.19. The summed E-state index contributed by atoms with van der Waals surface area (Å²) >= 11 is 0. The van der Waals surface area contributed by atoms with Crippen molar-refractivity contribution in [3.63, 3.8) is 0 Å². The Bertz CT molecular complexity index is 797. The number of amides is 2. The fourth-order valence-corrected chi connectivity index (χ4v) is 2.67. The molecule has 2 amide bonds. The lowest BCUT2D eigenvalue weighted by atomic mass is 10.1. The average Bonchev–Trinajstić information content (AvgIpc) is 3.18. The third kappa shape index (κ3) is 3.01. The Kier molecular flexibility index (Phi) is 4.07. The third-order valence-electron chi connectivity index (χ3n) is 3.99. The number of aliphatic carboxylic acids is 1. The van der Waals surface area contributed by atoms with E-state index in [0.29, 0.717) is 11.4 Å². The van der Waals surface area contributed by atoms with E-state index in [0.717, 1.165) is 5.56 Å². The normalized spacial score (nSPS) is 17.1. The molecule has 1 aliphatic rings. The molecule has 0 bridgehead atoms. The maximum absolute atomic E-state index is 12.0. The smallest absolute Gasteiger partial charge is 0.308 e. The SMILES string of the molecule is Cc1cc(N2CC(C(=O)O)CC2=O)ccc1NC(=O)c1ccco1. The van der Waals surface area contributed by atoms with Crippen molar-refractivity contribution in [1.29, 1.82) is 0 Å². The zero-order chi connectivity index (χ0) is 17.3. The van der Waals surface area contributed by atoms with Crippen LogP contribution in [-0.4, -0.2) is 29.4 Å². The maximum Gasteiger partial charge on any atom is 0.308 e. The molecule has 2 N–H and O–H groups in total. The van der Waals surface area contributed by atoms with E-state index in [1.165, 1.54) is 11.2 Å². The van der Waals surface area contributed by atoms with Gasteiger partial charge in [0.2, 0.25) is 5.91 Å². The molecule has 0 radical (unpaired) electrons. The molecule has 7 nitrogen and oxygen atoms in total. The number of furan rings is 1. The van der Waals surface area contributed by atoms with Gasteiger partial charge in [0.25, 0.3) is 5.91 Å². The van der Waals surface area contributed by atoms with Gasteiger partial charge in [0, 0.05) is 24.3 Å². The molecule has 3 rings (SSSR count). The number of nitrogens with zero attached hydrogens (tertiary/aromatic N) is 1. The van der Waals surface area contributed by atoms with Crippen LogP contribution in [0.5, 0.6) is 0 Å². The number of hydrogen-bond donors (Lipinski definition) is 2. The van der Waals surface area contributed by atoms with Gasteiger partial charge in [0.05, 0.1) is 12.2 Å². The van der Waals surface area contributed by atoms with E-state index >= 15 is 0 Å². The molecule has 24 heavy (non-hydrogen) atoms. The van der Waals surface area contributed by atoms with Crippen molar-refractivity contribution in [1.82, 2.24) is 0 Å². The summed E-state index contributed by atoms with van der Waals surface area (Å²) in [6.45, 7) is 1.96. The van der Waals surface area contributed by atoms with Crippen molar-refractivity contribution in [2.45, 2.75) is 13.3 Å². The van der Waals surface area contributed by atoms with Gasteiger partial charge in [-0.05, 0) is 42.8 Å². The Labute approximate surface area is 137 Å². The first-order chi connectivity index (χ1) is 11.5. The molecule has 0 aliphatic carbocycles. The van der Waals surface area contributed by atoms with E-state index in [-0.39, 0.29) is 30.5 Å². The third-order valence-corrected chi connectivity index (χ3v) is 3.99. The van der Waals surface area contributed by atoms with Crippen LogP contribution in [0.2, 0.25) is 0 Å². The Balaban J connectivity index is 1.77. The summed E-state index contributed by atoms with van der Waals surface area (Å²) in [6, 6.07) is 8.32. The second-order valence-electron chi connectivity index (χ2n) is 5.67. The molecule has 1 atom stereocenters. The van der Waals surface area contributed by atoms with E-state index in [9.17, 15) is 14.4 Å². The van der Waals surface area contributed by atoms with Crippen LogP contribution in [0.3, 0.4) is 0 Å². The average molecular weight is 328 g/mol. The van der Waals surface area contributed by atoms with Crippen LogP contribution < -0.4 is 10.2 Å². The molecule has 1 unspecified atom stereocenters. The van der Waals surface area contributed by atoms with E-state index in [2.05, 4.69) is 5.32 Å². The quantitative estimate of drug-likeness (QED) is 0.897. The number of hydrogen-bond acceptors (Lipinski definition) is 4. The highest BCUT2D eigenvalue weighted by atomic mass is 16.4. The number of carboxylic acids is 1. The van der Waals surface area contributed by atoms with E-state index in [4.69, 9.17) is 9.52 Å². The standard InChI is InChI=1S/C17H16N2O5/c1-10-7-12(19-9-11(17(22)23)8-15(19)20)4-5-13(10)18-16(21)14-3-2-6-24-14/h2-7,11H,8-9H2,1H3,(H,18,21)(H,22,23). The number of rotatable bonds is 4. The highest BCUT2D eigenvalue weighted by Gasteiger charge is 2.35. The molecule has 1 aromatic carbocycles. The van der Waals surface area contributed by atoms with Crippen LogP contribution in [-0.2, 0) is 9.59 Å². The first kappa shape index (κ1) is 15.8. The molecule has 0 saturated carbocycles. The Hall–Kier alpha value is -3.09. The lowest BCUT2D eigenvalue weighted by Gasteiger charge is -2.18. The minimum atomic E-state index is -0.968. The molecule has 1 fully saturated rings. The van der Waals surface area contributed by atoms with Gasteiger partial charge in [-0.1, -0.05) is 0 Å². The molecule has 2 heterocycles. The number of aryl methyl sites for hydroxylation is 1. The number of nitrogens with one attached hydrogen (secondary N) is 1. The van der Waals surface area contributed by atoms with Gasteiger partial charge in [-0.15, -0.1) is 0 Å². The number of benzene rings is 1. The zero-order valence-corrected chi connectivity index (χ0v) is 13.0. The maximum atomic E-state index is 12.0. The minimum absolute atomic E-state index is 0.00532. The minimum Gasteiger partial charge on any atom is -0.481 e. The monoisotopic (exact) mass is 328 g/mol. The zero-order valence-electron chi connectivity index (χ0n) is 13.0. The van der Waals surface area contributed by atoms with Crippen molar-refractivity contribution in [2.24, 2.45) is 5.92 Å². The van der Waals surface area contributed by atoms with E-state index in [1.54, 1.807) is 37.3 Å². The molecule has 1 aliphatic heterocycles. The summed E-state index contributed by atoms with van der Waals surface area (Å²) in [5, 5.41) is 11.8. The van der Waals surface area contributed by atoms with Gasteiger partial charge in [-0.3, -0.25) is 14.4 Å². The summed E-state index contributed by atoms with van der Waals surface area (Å²) in [5.74, 6) is -2.02. The Morgan fingerprint density at radius 1 is 1.33 bits per heavy atom. The molecular weight excluding hydrogens is 312 g/mol. The van der Waals surface area contributed by atoms with Gasteiger partial charge in [0.15, 0.2) is 5.76 Å². The summed E-state index contributed by atoms with van der Waals surface area (Å²) in [5.41, 5.74) is 1.98. The first-order valence-electron chi connectivity index (χ1n) is 7.44. The van der Waals surface area contributed by atoms with Crippen molar-refractivity contribution >= 4 is 29.2 Å². The molecule has 2 aromatic rings. The fraction of sp³-hybridized carbons (Fsp3) is 0.235. The molecule has 124 valence electrons. The number of carbonyl (C=O) groups is 3. The van der Waals surface area contributed by atoms with Crippen molar-refractivity contribution in [2.75, 3.05) is 16.8 Å². The number of anilines is 2. The van der Waals surface area contributed by atoms with E-state index < -0.39 is 11.9 Å². The van der Waals surface area contributed by atoms with Crippen LogP contribution in [0.4, 0.5) is 11.4 Å². The number of carbonyl (C=O) groups excluding carboxylic acids is 2. The Morgan fingerprint density at radius 3 is 2.71 bits per heavy atom. The second-order valence-corrected chi connectivity index (χ2v) is 5.67. The van der Waals surface area contributed by atoms with Crippen LogP contribution in [0.1, 0.15) is 22.5 Å². The van der Waals surface area contributed by atoms with E-state index in [1.807, 2.05) is 0 Å². The van der Waals surface area contributed by atoms with Gasteiger partial charge >= 0.3 is 5.97 Å². The van der Waals surface area contributed by atoms with Crippen molar-refractivity contribution in [3.8, 4) is 0 Å². The summed E-state index contributed by atoms with van der Waals surface area (Å²) < 4.78 is 5.04. The first-order valence-corrected chi connectivity index (χ1v) is 7.44. The fourth-order valence-electron chi connectivity index (χ4n) is 2.67. The van der Waals surface area contributed by atoms with Crippen LogP contribution in [0.25, 0.3) is 0 Å². The lowest BCUT2D eigenvalue weighted by Crippen LogP contribution is -2.25. The molecule has 7 heteroatoms. The van der Waals surface area contributed by atoms with Crippen molar-refractivity contribution in [3.05, 3.63) is 47.9 Å². The predicted molar refractivity (Wildman–Crippen MR) is 85.9 cm³/mol. The predicted octanol–water partition coefficient (Wildman–Crippen LogP) is 2.28. The summed E-state index contributed by atoms with van der Waals surface area (Å²) in [7, 11) is 0. The molecule has 0 spiro atoms. The van der Waals surface area contributed by atoms with Gasteiger partial charge in [0.1, 0.15) is 0 Å². The Morgan fingerprint density at radius 2 is 2.12 bits per heavy atom. The van der Waals surface area contributed by atoms with Crippen LogP contribution >= 0.6 is 0 Å². The van der Waals surface area contributed by atoms with Gasteiger partial charge in [-0.2, -0.15) is 0 Å². The van der Waals surface area contributed by atoms with Crippen LogP contribution in [0.15, 0.2) is 41.0 Å². The largest absolute Gasteiger partial charge is 0.481 e. The summed E-state index contributed by atoms with van der Waals surface area (Å²) in [4.78, 5) is 36.5. The lowest BCUT2D eigenvalue weighted by molar-refractivity contribution is -0.141. The topological polar surface area (TPSA) is 99.9 Å².